The molecule has 5 heteroatoms. The third kappa shape index (κ3) is 2.63. The predicted octanol–water partition coefficient (Wildman–Crippen LogP) is 1.62. The number of carbonyl (C=O) groups is 1. The number of benzene rings is 1. The first-order valence-corrected chi connectivity index (χ1v) is 4.63. The van der Waals surface area contributed by atoms with E-state index >= 15 is 0 Å². The van der Waals surface area contributed by atoms with Crippen molar-refractivity contribution in [1.82, 2.24) is 0 Å². The Morgan fingerprint density at radius 3 is 2.71 bits per heavy atom. The van der Waals surface area contributed by atoms with Crippen molar-refractivity contribution in [2.75, 3.05) is 11.1 Å². The zero-order chi connectivity index (χ0) is 10.6. The normalized spacial score (nSPS) is 12.1. The smallest absolute Gasteiger partial charge is 0.326 e. The molecule has 3 nitrogen and oxygen atoms in total. The molecule has 0 heterocycles. The summed E-state index contributed by atoms with van der Waals surface area (Å²) in [7, 11) is 0. The molecule has 0 aliphatic heterocycles. The molecule has 0 fully saturated rings. The standard InChI is InChI=1S/C9H10FNO2S/c10-6-3-1-2-4-7(6)11-8(5-14)9(12)13/h1-4,8,11,14H,5H2,(H,12,13)/t8-/m0/s1. The fourth-order valence-electron chi connectivity index (χ4n) is 0.951. The Morgan fingerprint density at radius 2 is 2.21 bits per heavy atom. The van der Waals surface area contributed by atoms with E-state index < -0.39 is 17.8 Å². The van der Waals surface area contributed by atoms with Crippen LogP contribution in [0.1, 0.15) is 0 Å². The van der Waals surface area contributed by atoms with E-state index in [4.69, 9.17) is 5.11 Å². The molecular weight excluding hydrogens is 205 g/mol. The molecule has 0 aliphatic carbocycles. The number of carboxylic acids is 1. The lowest BCUT2D eigenvalue weighted by Gasteiger charge is -2.13. The average Bonchev–Trinajstić information content (AvgIpc) is 2.16. The number of para-hydroxylation sites is 1. The maximum Gasteiger partial charge on any atom is 0.326 e. The molecule has 0 saturated carbocycles. The molecule has 76 valence electrons. The van der Waals surface area contributed by atoms with Gasteiger partial charge in [0.1, 0.15) is 11.9 Å². The van der Waals surface area contributed by atoms with Gasteiger partial charge in [-0.2, -0.15) is 12.6 Å². The van der Waals surface area contributed by atoms with E-state index in [1.54, 1.807) is 6.07 Å². The molecule has 1 atom stereocenters. The quantitative estimate of drug-likeness (QED) is 0.669. The van der Waals surface area contributed by atoms with E-state index in [-0.39, 0.29) is 11.4 Å². The van der Waals surface area contributed by atoms with Crippen molar-refractivity contribution in [1.29, 1.82) is 0 Å². The first-order chi connectivity index (χ1) is 6.65. The summed E-state index contributed by atoms with van der Waals surface area (Å²) < 4.78 is 13.1. The number of hydrogen-bond acceptors (Lipinski definition) is 3. The van der Waals surface area contributed by atoms with Gasteiger partial charge in [-0.1, -0.05) is 12.1 Å². The van der Waals surface area contributed by atoms with Crippen molar-refractivity contribution in [3.63, 3.8) is 0 Å². The lowest BCUT2D eigenvalue weighted by atomic mass is 10.2. The van der Waals surface area contributed by atoms with E-state index in [9.17, 15) is 9.18 Å². The monoisotopic (exact) mass is 215 g/mol. The van der Waals surface area contributed by atoms with Crippen LogP contribution in [0.3, 0.4) is 0 Å². The summed E-state index contributed by atoms with van der Waals surface area (Å²) in [5, 5.41) is 11.2. The van der Waals surface area contributed by atoms with Crippen molar-refractivity contribution in [3.05, 3.63) is 30.1 Å². The van der Waals surface area contributed by atoms with Gasteiger partial charge in [-0.3, -0.25) is 0 Å². The van der Waals surface area contributed by atoms with E-state index in [0.29, 0.717) is 0 Å². The minimum Gasteiger partial charge on any atom is -0.480 e. The van der Waals surface area contributed by atoms with Gasteiger partial charge in [-0.05, 0) is 12.1 Å². The van der Waals surface area contributed by atoms with Crippen molar-refractivity contribution < 1.29 is 14.3 Å². The van der Waals surface area contributed by atoms with Gasteiger partial charge in [0.25, 0.3) is 0 Å². The largest absolute Gasteiger partial charge is 0.480 e. The second-order valence-electron chi connectivity index (χ2n) is 2.70. The van der Waals surface area contributed by atoms with Crippen LogP contribution in [0.5, 0.6) is 0 Å². The van der Waals surface area contributed by atoms with Gasteiger partial charge in [0, 0.05) is 5.75 Å². The van der Waals surface area contributed by atoms with Crippen LogP contribution in [0, 0.1) is 5.82 Å². The maximum absolute atomic E-state index is 13.1. The third-order valence-corrected chi connectivity index (χ3v) is 2.05. The van der Waals surface area contributed by atoms with Crippen LogP contribution < -0.4 is 5.32 Å². The molecule has 0 unspecified atom stereocenters. The van der Waals surface area contributed by atoms with E-state index in [1.807, 2.05) is 0 Å². The van der Waals surface area contributed by atoms with Crippen LogP contribution in [0.25, 0.3) is 0 Å². The van der Waals surface area contributed by atoms with Gasteiger partial charge in [-0.15, -0.1) is 0 Å². The van der Waals surface area contributed by atoms with E-state index in [1.165, 1.54) is 18.2 Å². The second kappa shape index (κ2) is 4.85. The Bertz CT molecular complexity index is 332. The van der Waals surface area contributed by atoms with Crippen LogP contribution in [0.4, 0.5) is 10.1 Å². The number of hydrogen-bond donors (Lipinski definition) is 3. The highest BCUT2D eigenvalue weighted by atomic mass is 32.1. The van der Waals surface area contributed by atoms with Gasteiger partial charge in [0.05, 0.1) is 5.69 Å². The minimum absolute atomic E-state index is 0.101. The number of anilines is 1. The third-order valence-electron chi connectivity index (χ3n) is 1.68. The fraction of sp³-hybridized carbons (Fsp3) is 0.222. The van der Waals surface area contributed by atoms with Gasteiger partial charge >= 0.3 is 5.97 Å². The van der Waals surface area contributed by atoms with Gasteiger partial charge in [0.15, 0.2) is 0 Å². The lowest BCUT2D eigenvalue weighted by Crippen LogP contribution is -2.31. The van der Waals surface area contributed by atoms with Gasteiger partial charge in [-0.25, -0.2) is 9.18 Å². The van der Waals surface area contributed by atoms with Crippen LogP contribution >= 0.6 is 12.6 Å². The first-order valence-electron chi connectivity index (χ1n) is 4.00. The maximum atomic E-state index is 13.1. The number of thiol groups is 1. The summed E-state index contributed by atoms with van der Waals surface area (Å²) in [5.41, 5.74) is 0.175. The Morgan fingerprint density at radius 1 is 1.57 bits per heavy atom. The molecule has 2 N–H and O–H groups in total. The molecule has 14 heavy (non-hydrogen) atoms. The zero-order valence-electron chi connectivity index (χ0n) is 7.27. The summed E-state index contributed by atoms with van der Waals surface area (Å²) >= 11 is 3.85. The topological polar surface area (TPSA) is 49.3 Å². The molecule has 0 aromatic heterocycles. The summed E-state index contributed by atoms with van der Waals surface area (Å²) in [6.45, 7) is 0. The van der Waals surface area contributed by atoms with E-state index in [2.05, 4.69) is 17.9 Å². The molecule has 0 bridgehead atoms. The van der Waals surface area contributed by atoms with Crippen molar-refractivity contribution >= 4 is 24.3 Å². The fourth-order valence-corrected chi connectivity index (χ4v) is 1.20. The summed E-state index contributed by atoms with van der Waals surface area (Å²) in [4.78, 5) is 10.6. The molecule has 0 spiro atoms. The Labute approximate surface area is 86.4 Å². The number of nitrogens with one attached hydrogen (secondary N) is 1. The van der Waals surface area contributed by atoms with Crippen LogP contribution in [-0.2, 0) is 4.79 Å². The van der Waals surface area contributed by atoms with Gasteiger partial charge in [0.2, 0.25) is 0 Å². The lowest BCUT2D eigenvalue weighted by molar-refractivity contribution is -0.137. The van der Waals surface area contributed by atoms with Crippen molar-refractivity contribution in [2.24, 2.45) is 0 Å². The van der Waals surface area contributed by atoms with Crippen LogP contribution in [0.2, 0.25) is 0 Å². The molecule has 0 saturated heterocycles. The average molecular weight is 215 g/mol. The highest BCUT2D eigenvalue weighted by Crippen LogP contribution is 2.13. The van der Waals surface area contributed by atoms with Gasteiger partial charge < -0.3 is 10.4 Å². The zero-order valence-corrected chi connectivity index (χ0v) is 8.17. The Kier molecular flexibility index (Phi) is 3.76. The predicted molar refractivity (Wildman–Crippen MR) is 55.3 cm³/mol. The number of carboxylic acid groups (broad SMARTS) is 1. The van der Waals surface area contributed by atoms with Crippen molar-refractivity contribution in [3.8, 4) is 0 Å². The van der Waals surface area contributed by atoms with Crippen molar-refractivity contribution in [2.45, 2.75) is 6.04 Å². The van der Waals surface area contributed by atoms with E-state index in [0.717, 1.165) is 0 Å². The molecule has 0 radical (unpaired) electrons. The Hall–Kier alpha value is -1.23. The number of aliphatic carboxylic acids is 1. The Balaban J connectivity index is 2.77. The molecule has 1 rings (SSSR count). The highest BCUT2D eigenvalue weighted by Gasteiger charge is 2.15. The molecule has 1 aromatic rings. The molecule has 1 aromatic carbocycles. The number of halogens is 1. The summed E-state index contributed by atoms with van der Waals surface area (Å²) in [6, 6.07) is 5.03. The second-order valence-corrected chi connectivity index (χ2v) is 3.06. The first kappa shape index (κ1) is 10.8. The molecular formula is C9H10FNO2S. The SMILES string of the molecule is O=C(O)[C@H](CS)Nc1ccccc1F. The van der Waals surface area contributed by atoms with Crippen LogP contribution in [0.15, 0.2) is 24.3 Å². The highest BCUT2D eigenvalue weighted by molar-refractivity contribution is 7.80. The minimum atomic E-state index is -1.05. The summed E-state index contributed by atoms with van der Waals surface area (Å²) in [6.07, 6.45) is 0. The molecule has 0 amide bonds. The van der Waals surface area contributed by atoms with Crippen LogP contribution in [-0.4, -0.2) is 22.9 Å². The number of rotatable bonds is 4. The molecule has 0 aliphatic rings. The summed E-state index contributed by atoms with van der Waals surface area (Å²) in [5.74, 6) is -1.42.